The van der Waals surface area contributed by atoms with Crippen LogP contribution in [0.4, 0.5) is 10.1 Å². The lowest BCUT2D eigenvalue weighted by atomic mass is 9.78. The molecule has 1 amide bonds. The largest absolute Gasteiger partial charge is 0.367 e. The summed E-state index contributed by atoms with van der Waals surface area (Å²) in [5.74, 6) is 0.181. The summed E-state index contributed by atoms with van der Waals surface area (Å²) in [5.41, 5.74) is 0.0374. The predicted octanol–water partition coefficient (Wildman–Crippen LogP) is 3.59. The van der Waals surface area contributed by atoms with Crippen LogP contribution in [0.1, 0.15) is 33.1 Å². The number of carbonyl (C=O) groups excluding carboxylic acids is 1. The molecule has 39 heavy (non-hydrogen) atoms. The van der Waals surface area contributed by atoms with Gasteiger partial charge in [-0.3, -0.25) is 9.59 Å². The molecule has 1 saturated carbocycles. The molecule has 1 saturated heterocycles. The first-order valence-electron chi connectivity index (χ1n) is 13.6. The van der Waals surface area contributed by atoms with E-state index in [1.807, 2.05) is 4.90 Å². The van der Waals surface area contributed by atoms with Gasteiger partial charge in [0.05, 0.1) is 5.69 Å². The zero-order valence-electron chi connectivity index (χ0n) is 22.3. The van der Waals surface area contributed by atoms with Crippen molar-refractivity contribution in [2.24, 2.45) is 11.8 Å². The average Bonchev–Trinajstić information content (AvgIpc) is 2.93. The number of amides is 1. The van der Waals surface area contributed by atoms with Gasteiger partial charge in [-0.25, -0.2) is 12.8 Å². The first-order valence-corrected chi connectivity index (χ1v) is 15.0. The Morgan fingerprint density at radius 1 is 0.974 bits per heavy atom. The number of hydrogen-bond acceptors (Lipinski definition) is 5. The van der Waals surface area contributed by atoms with Crippen LogP contribution in [0.3, 0.4) is 0 Å². The highest BCUT2D eigenvalue weighted by molar-refractivity contribution is 7.89. The van der Waals surface area contributed by atoms with Crippen molar-refractivity contribution in [1.29, 1.82) is 0 Å². The second-order valence-electron chi connectivity index (χ2n) is 10.8. The van der Waals surface area contributed by atoms with Gasteiger partial charge in [0.25, 0.3) is 5.56 Å². The summed E-state index contributed by atoms with van der Waals surface area (Å²) in [4.78, 5) is 28.1. The van der Waals surface area contributed by atoms with Gasteiger partial charge < -0.3 is 14.8 Å². The molecule has 1 aliphatic heterocycles. The molecule has 1 N–H and O–H groups in total. The average molecular weight is 555 g/mol. The van der Waals surface area contributed by atoms with E-state index in [0.717, 1.165) is 19.3 Å². The van der Waals surface area contributed by atoms with Crippen LogP contribution in [0.5, 0.6) is 0 Å². The monoisotopic (exact) mass is 554 g/mol. The summed E-state index contributed by atoms with van der Waals surface area (Å²) in [6.45, 7) is 5.06. The number of nitrogens with one attached hydrogen (secondary N) is 1. The van der Waals surface area contributed by atoms with Crippen LogP contribution in [0.2, 0.25) is 0 Å². The minimum Gasteiger partial charge on any atom is -0.367 e. The second-order valence-corrected chi connectivity index (χ2v) is 12.7. The molecule has 5 rings (SSSR count). The Morgan fingerprint density at radius 2 is 1.64 bits per heavy atom. The van der Waals surface area contributed by atoms with Gasteiger partial charge in [0.2, 0.25) is 15.9 Å². The molecular weight excluding hydrogens is 519 g/mol. The molecule has 0 unspecified atom stereocenters. The molecule has 0 bridgehead atoms. The third kappa shape index (κ3) is 5.45. The molecule has 1 aromatic heterocycles. The molecule has 10 heteroatoms. The Hall–Kier alpha value is -3.24. The van der Waals surface area contributed by atoms with Gasteiger partial charge >= 0.3 is 0 Å². The number of benzene rings is 2. The van der Waals surface area contributed by atoms with E-state index in [4.69, 9.17) is 0 Å². The van der Waals surface area contributed by atoms with Gasteiger partial charge in [0.1, 0.15) is 17.3 Å². The summed E-state index contributed by atoms with van der Waals surface area (Å²) < 4.78 is 44.6. The molecule has 3 atom stereocenters. The number of halogens is 1. The zero-order chi connectivity index (χ0) is 27.7. The van der Waals surface area contributed by atoms with Crippen LogP contribution in [0.25, 0.3) is 10.8 Å². The summed E-state index contributed by atoms with van der Waals surface area (Å²) in [6, 6.07) is 13.1. The fourth-order valence-electron chi connectivity index (χ4n) is 5.84. The van der Waals surface area contributed by atoms with Gasteiger partial charge in [-0.2, -0.15) is 4.31 Å². The molecule has 0 spiro atoms. The number of para-hydroxylation sites is 1. The highest BCUT2D eigenvalue weighted by Gasteiger charge is 2.32. The van der Waals surface area contributed by atoms with E-state index < -0.39 is 15.6 Å². The molecule has 2 heterocycles. The Bertz CT molecular complexity index is 1530. The third-order valence-electron chi connectivity index (χ3n) is 8.37. The Balaban J connectivity index is 1.41. The maximum absolute atomic E-state index is 14.3. The summed E-state index contributed by atoms with van der Waals surface area (Å²) in [7, 11) is -4.00. The summed E-state index contributed by atoms with van der Waals surface area (Å²) >= 11 is 0. The number of sulfonamides is 1. The number of piperazine rings is 1. The van der Waals surface area contributed by atoms with E-state index in [2.05, 4.69) is 19.2 Å². The quantitative estimate of drug-likeness (QED) is 0.503. The van der Waals surface area contributed by atoms with E-state index in [0.29, 0.717) is 36.0 Å². The number of rotatable bonds is 6. The van der Waals surface area contributed by atoms with Crippen molar-refractivity contribution in [3.05, 3.63) is 70.9 Å². The number of nitrogens with zero attached hydrogens (tertiary/aromatic N) is 3. The molecule has 1 aliphatic carbocycles. The molecule has 3 aromatic rings. The topological polar surface area (TPSA) is 91.7 Å². The van der Waals surface area contributed by atoms with Crippen molar-refractivity contribution < 1.29 is 17.6 Å². The van der Waals surface area contributed by atoms with Gasteiger partial charge in [-0.15, -0.1) is 0 Å². The van der Waals surface area contributed by atoms with Gasteiger partial charge in [0.15, 0.2) is 0 Å². The van der Waals surface area contributed by atoms with E-state index in [1.54, 1.807) is 42.5 Å². The van der Waals surface area contributed by atoms with E-state index in [1.165, 1.54) is 21.1 Å². The number of fused-ring (bicyclic) bond motifs is 1. The van der Waals surface area contributed by atoms with E-state index in [9.17, 15) is 22.4 Å². The lowest BCUT2D eigenvalue weighted by molar-refractivity contribution is -0.123. The van der Waals surface area contributed by atoms with Crippen LogP contribution < -0.4 is 15.8 Å². The molecule has 2 fully saturated rings. The van der Waals surface area contributed by atoms with Gasteiger partial charge in [-0.05, 0) is 36.5 Å². The normalized spacial score (nSPS) is 22.6. The predicted molar refractivity (Wildman–Crippen MR) is 150 cm³/mol. The van der Waals surface area contributed by atoms with E-state index in [-0.39, 0.29) is 47.7 Å². The highest BCUT2D eigenvalue weighted by Crippen LogP contribution is 2.30. The van der Waals surface area contributed by atoms with E-state index >= 15 is 0 Å². The van der Waals surface area contributed by atoms with Crippen molar-refractivity contribution in [3.63, 3.8) is 0 Å². The standard InChI is InChI=1S/C29H35FN4O4S/c1-20-8-7-12-25(21(20)2)31-28(35)19-33-18-27(22-9-3-4-10-23(22)29(33)36)39(37,38)34-16-14-32(15-17-34)26-13-6-5-11-24(26)30/h3-6,9-11,13,18,20-21,25H,7-8,12,14-17,19H2,1-2H3,(H,31,35)/t20-,21+,25+/m1/s1. The van der Waals surface area contributed by atoms with Crippen LogP contribution >= 0.6 is 0 Å². The third-order valence-corrected chi connectivity index (χ3v) is 10.3. The van der Waals surface area contributed by atoms with Crippen LogP contribution in [-0.2, 0) is 21.4 Å². The maximum Gasteiger partial charge on any atom is 0.258 e. The maximum atomic E-state index is 14.3. The van der Waals surface area contributed by atoms with Crippen LogP contribution in [-0.4, -0.2) is 55.4 Å². The first-order chi connectivity index (χ1) is 18.7. The summed E-state index contributed by atoms with van der Waals surface area (Å²) in [5, 5.41) is 3.65. The molecule has 2 aliphatic rings. The van der Waals surface area contributed by atoms with Crippen molar-refractivity contribution in [2.45, 2.75) is 50.6 Å². The molecule has 8 nitrogen and oxygen atoms in total. The fraction of sp³-hybridized carbons (Fsp3) is 0.448. The molecule has 2 aromatic carbocycles. The lowest BCUT2D eigenvalue weighted by Gasteiger charge is -2.35. The second kappa shape index (κ2) is 11.1. The Kier molecular flexibility index (Phi) is 7.77. The lowest BCUT2D eigenvalue weighted by Crippen LogP contribution is -2.49. The first kappa shape index (κ1) is 27.3. The van der Waals surface area contributed by atoms with Crippen molar-refractivity contribution in [2.75, 3.05) is 31.1 Å². The van der Waals surface area contributed by atoms with Crippen molar-refractivity contribution in [1.82, 2.24) is 14.2 Å². The zero-order valence-corrected chi connectivity index (χ0v) is 23.2. The molecule has 0 radical (unpaired) electrons. The number of pyridine rings is 1. The highest BCUT2D eigenvalue weighted by atomic mass is 32.2. The van der Waals surface area contributed by atoms with Crippen LogP contribution in [0, 0.1) is 17.7 Å². The SMILES string of the molecule is C[C@H]1[C@H](C)CCC[C@@H]1NC(=O)Cn1cc(S(=O)(=O)N2CCN(c3ccccc3F)CC2)c2ccccc2c1=O. The summed E-state index contributed by atoms with van der Waals surface area (Å²) in [6.07, 6.45) is 4.37. The number of carbonyl (C=O) groups is 1. The van der Waals surface area contributed by atoms with Crippen molar-refractivity contribution >= 4 is 32.4 Å². The molecule has 208 valence electrons. The minimum absolute atomic E-state index is 0.00972. The number of hydrogen-bond donors (Lipinski definition) is 1. The van der Waals surface area contributed by atoms with Gasteiger partial charge in [-0.1, -0.05) is 57.0 Å². The smallest absolute Gasteiger partial charge is 0.258 e. The molecular formula is C29H35FN4O4S. The minimum atomic E-state index is -4.00. The Morgan fingerprint density at radius 3 is 2.36 bits per heavy atom. The Labute approximate surface area is 228 Å². The fourth-order valence-corrected chi connectivity index (χ4v) is 7.48. The number of anilines is 1. The van der Waals surface area contributed by atoms with Crippen LogP contribution in [0.15, 0.2) is 64.4 Å². The van der Waals surface area contributed by atoms with Gasteiger partial charge in [0, 0.05) is 49.2 Å². The van der Waals surface area contributed by atoms with Crippen molar-refractivity contribution in [3.8, 4) is 0 Å². The number of aromatic nitrogens is 1.